The number of carbonyl (C=O) groups is 1. The van der Waals surface area contributed by atoms with E-state index < -0.39 is 5.82 Å². The number of methoxy groups -OCH3 is 1. The third-order valence-electron chi connectivity index (χ3n) is 4.24. The van der Waals surface area contributed by atoms with Crippen molar-refractivity contribution in [3.63, 3.8) is 0 Å². The van der Waals surface area contributed by atoms with Crippen LogP contribution in [0.5, 0.6) is 5.75 Å². The Morgan fingerprint density at radius 1 is 1.32 bits per heavy atom. The molecule has 1 saturated carbocycles. The quantitative estimate of drug-likeness (QED) is 0.760. The Balaban J connectivity index is 2.16. The minimum absolute atomic E-state index is 0.0476. The third kappa shape index (κ3) is 2.96. The molecule has 1 aliphatic carbocycles. The van der Waals surface area contributed by atoms with Gasteiger partial charge in [0.2, 0.25) is 0 Å². The summed E-state index contributed by atoms with van der Waals surface area (Å²) in [7, 11) is 1.47. The van der Waals surface area contributed by atoms with Crippen molar-refractivity contribution in [2.45, 2.75) is 39.0 Å². The number of rotatable bonds is 4. The number of hydrogen-bond donors (Lipinski definition) is 0. The zero-order valence-corrected chi connectivity index (χ0v) is 11.6. The molecule has 1 aromatic rings. The minimum atomic E-state index is -0.470. The van der Waals surface area contributed by atoms with E-state index in [0.717, 1.165) is 31.6 Å². The fourth-order valence-electron chi connectivity index (χ4n) is 2.95. The SMILES string of the molecule is CCC1CCC(C(=O)c2c(F)cccc2OC)CC1. The lowest BCUT2D eigenvalue weighted by Crippen LogP contribution is -2.23. The van der Waals surface area contributed by atoms with Crippen molar-refractivity contribution in [2.75, 3.05) is 7.11 Å². The lowest BCUT2D eigenvalue weighted by molar-refractivity contribution is 0.0863. The minimum Gasteiger partial charge on any atom is -0.496 e. The van der Waals surface area contributed by atoms with Gasteiger partial charge in [0.25, 0.3) is 0 Å². The molecule has 0 amide bonds. The molecule has 0 saturated heterocycles. The van der Waals surface area contributed by atoms with Crippen molar-refractivity contribution in [3.05, 3.63) is 29.6 Å². The number of benzene rings is 1. The Morgan fingerprint density at radius 3 is 2.58 bits per heavy atom. The molecule has 0 aliphatic heterocycles. The molecular formula is C16H21FO2. The highest BCUT2D eigenvalue weighted by molar-refractivity contribution is 6.00. The van der Waals surface area contributed by atoms with E-state index >= 15 is 0 Å². The van der Waals surface area contributed by atoms with Crippen LogP contribution in [-0.4, -0.2) is 12.9 Å². The number of hydrogen-bond acceptors (Lipinski definition) is 2. The highest BCUT2D eigenvalue weighted by Crippen LogP contribution is 2.34. The predicted molar refractivity (Wildman–Crippen MR) is 73.0 cm³/mol. The van der Waals surface area contributed by atoms with Crippen LogP contribution in [0.1, 0.15) is 49.4 Å². The first-order chi connectivity index (χ1) is 9.17. The van der Waals surface area contributed by atoms with Crippen LogP contribution in [0.2, 0.25) is 0 Å². The van der Waals surface area contributed by atoms with Crippen molar-refractivity contribution < 1.29 is 13.9 Å². The number of ether oxygens (including phenoxy) is 1. The van der Waals surface area contributed by atoms with Gasteiger partial charge in [0.05, 0.1) is 12.7 Å². The van der Waals surface area contributed by atoms with E-state index in [0.29, 0.717) is 5.75 Å². The van der Waals surface area contributed by atoms with Gasteiger partial charge in [-0.3, -0.25) is 4.79 Å². The van der Waals surface area contributed by atoms with Crippen LogP contribution in [0, 0.1) is 17.7 Å². The van der Waals surface area contributed by atoms with E-state index in [-0.39, 0.29) is 17.3 Å². The summed E-state index contributed by atoms with van der Waals surface area (Å²) in [5, 5.41) is 0. The summed E-state index contributed by atoms with van der Waals surface area (Å²) in [4.78, 5) is 12.5. The van der Waals surface area contributed by atoms with E-state index in [4.69, 9.17) is 4.74 Å². The first-order valence-electron chi connectivity index (χ1n) is 7.04. The van der Waals surface area contributed by atoms with Crippen molar-refractivity contribution in [1.29, 1.82) is 0 Å². The Kier molecular flexibility index (Phi) is 4.56. The lowest BCUT2D eigenvalue weighted by atomic mass is 9.77. The van der Waals surface area contributed by atoms with Crippen molar-refractivity contribution >= 4 is 5.78 Å². The molecule has 104 valence electrons. The maximum atomic E-state index is 13.9. The summed E-state index contributed by atoms with van der Waals surface area (Å²) in [6.07, 6.45) is 5.06. The van der Waals surface area contributed by atoms with Gasteiger partial charge in [0.1, 0.15) is 11.6 Å². The smallest absolute Gasteiger partial charge is 0.172 e. The highest BCUT2D eigenvalue weighted by atomic mass is 19.1. The molecule has 1 aromatic carbocycles. The van der Waals surface area contributed by atoms with Gasteiger partial charge in [-0.25, -0.2) is 4.39 Å². The topological polar surface area (TPSA) is 26.3 Å². The van der Waals surface area contributed by atoms with E-state index in [9.17, 15) is 9.18 Å². The summed E-state index contributed by atoms with van der Waals surface area (Å²) in [6, 6.07) is 4.54. The fraction of sp³-hybridized carbons (Fsp3) is 0.562. The molecule has 1 fully saturated rings. The second-order valence-electron chi connectivity index (χ2n) is 5.31. The molecular weight excluding hydrogens is 243 g/mol. The zero-order valence-electron chi connectivity index (χ0n) is 11.6. The van der Waals surface area contributed by atoms with E-state index in [2.05, 4.69) is 6.92 Å². The number of carbonyl (C=O) groups excluding carboxylic acids is 1. The van der Waals surface area contributed by atoms with Crippen LogP contribution >= 0.6 is 0 Å². The van der Waals surface area contributed by atoms with Crippen LogP contribution in [0.4, 0.5) is 4.39 Å². The van der Waals surface area contributed by atoms with Crippen LogP contribution in [0.25, 0.3) is 0 Å². The van der Waals surface area contributed by atoms with Gasteiger partial charge in [-0.15, -0.1) is 0 Å². The van der Waals surface area contributed by atoms with Gasteiger partial charge in [-0.1, -0.05) is 19.4 Å². The fourth-order valence-corrected chi connectivity index (χ4v) is 2.95. The first kappa shape index (κ1) is 14.0. The van der Waals surface area contributed by atoms with E-state index in [1.165, 1.54) is 19.6 Å². The molecule has 3 heteroatoms. The molecule has 1 aliphatic rings. The molecule has 2 nitrogen and oxygen atoms in total. The van der Waals surface area contributed by atoms with Crippen molar-refractivity contribution in [3.8, 4) is 5.75 Å². The Labute approximate surface area is 114 Å². The maximum absolute atomic E-state index is 13.9. The molecule has 0 aromatic heterocycles. The molecule has 0 N–H and O–H groups in total. The predicted octanol–water partition coefficient (Wildman–Crippen LogP) is 4.23. The molecule has 0 spiro atoms. The third-order valence-corrected chi connectivity index (χ3v) is 4.24. The van der Waals surface area contributed by atoms with Crippen LogP contribution < -0.4 is 4.74 Å². The zero-order chi connectivity index (χ0) is 13.8. The van der Waals surface area contributed by atoms with Gasteiger partial charge in [0.15, 0.2) is 5.78 Å². The summed E-state index contributed by atoms with van der Waals surface area (Å²) >= 11 is 0. The normalized spacial score (nSPS) is 23.1. The highest BCUT2D eigenvalue weighted by Gasteiger charge is 2.29. The van der Waals surface area contributed by atoms with Crippen LogP contribution in [-0.2, 0) is 0 Å². The maximum Gasteiger partial charge on any atom is 0.172 e. The molecule has 0 heterocycles. The second-order valence-corrected chi connectivity index (χ2v) is 5.31. The van der Waals surface area contributed by atoms with Gasteiger partial charge < -0.3 is 4.74 Å². The summed E-state index contributed by atoms with van der Waals surface area (Å²) < 4.78 is 19.0. The van der Waals surface area contributed by atoms with Crippen molar-refractivity contribution in [1.82, 2.24) is 0 Å². The molecule has 0 radical (unpaired) electrons. The lowest BCUT2D eigenvalue weighted by Gasteiger charge is -2.27. The number of ketones is 1. The Hall–Kier alpha value is -1.38. The Bertz CT molecular complexity index is 448. The molecule has 0 bridgehead atoms. The Morgan fingerprint density at radius 2 is 2.00 bits per heavy atom. The molecule has 0 unspecified atom stereocenters. The van der Waals surface area contributed by atoms with E-state index in [1.54, 1.807) is 12.1 Å². The summed E-state index contributed by atoms with van der Waals surface area (Å²) in [5.74, 6) is 0.467. The average molecular weight is 264 g/mol. The van der Waals surface area contributed by atoms with Crippen LogP contribution in [0.3, 0.4) is 0 Å². The average Bonchev–Trinajstić information content (AvgIpc) is 2.46. The van der Waals surface area contributed by atoms with Crippen molar-refractivity contribution in [2.24, 2.45) is 11.8 Å². The van der Waals surface area contributed by atoms with Gasteiger partial charge in [0, 0.05) is 5.92 Å². The molecule has 0 atom stereocenters. The van der Waals surface area contributed by atoms with Gasteiger partial charge in [-0.2, -0.15) is 0 Å². The van der Waals surface area contributed by atoms with Crippen LogP contribution in [0.15, 0.2) is 18.2 Å². The number of halogens is 1. The van der Waals surface area contributed by atoms with Gasteiger partial charge in [-0.05, 0) is 43.7 Å². The first-order valence-corrected chi connectivity index (χ1v) is 7.04. The second kappa shape index (κ2) is 6.18. The molecule has 19 heavy (non-hydrogen) atoms. The monoisotopic (exact) mass is 264 g/mol. The summed E-state index contributed by atoms with van der Waals surface area (Å²) in [5.41, 5.74) is 0.130. The molecule has 2 rings (SSSR count). The summed E-state index contributed by atoms with van der Waals surface area (Å²) in [6.45, 7) is 2.19. The number of Topliss-reactive ketones (excluding diaryl/α,β-unsaturated/α-hetero) is 1. The largest absolute Gasteiger partial charge is 0.496 e. The standard InChI is InChI=1S/C16H21FO2/c1-3-11-7-9-12(10-8-11)16(18)15-13(17)5-4-6-14(15)19-2/h4-6,11-12H,3,7-10H2,1-2H3. The van der Waals surface area contributed by atoms with Gasteiger partial charge >= 0.3 is 0 Å². The van der Waals surface area contributed by atoms with E-state index in [1.807, 2.05) is 0 Å².